The molecule has 0 bridgehead atoms. The molecule has 0 aliphatic rings. The molecule has 2 N–H and O–H groups in total. The summed E-state index contributed by atoms with van der Waals surface area (Å²) in [5.74, 6) is -0.279. The zero-order chi connectivity index (χ0) is 15.7. The summed E-state index contributed by atoms with van der Waals surface area (Å²) in [7, 11) is 0. The summed E-state index contributed by atoms with van der Waals surface area (Å²) in [6.07, 6.45) is 3.00. The zero-order valence-corrected chi connectivity index (χ0v) is 12.4. The van der Waals surface area contributed by atoms with Crippen LogP contribution in [0.1, 0.15) is 16.1 Å². The summed E-state index contributed by atoms with van der Waals surface area (Å²) in [4.78, 5) is 20.6. The Hall–Kier alpha value is -2.66. The van der Waals surface area contributed by atoms with E-state index in [0.717, 1.165) is 0 Å². The van der Waals surface area contributed by atoms with Crippen molar-refractivity contribution >= 4 is 34.1 Å². The van der Waals surface area contributed by atoms with E-state index in [1.165, 1.54) is 6.20 Å². The van der Waals surface area contributed by atoms with Gasteiger partial charge in [0.1, 0.15) is 5.75 Å². The smallest absolute Gasteiger partial charge is 0.256 e. The fourth-order valence-electron chi connectivity index (χ4n) is 2.15. The molecule has 5 nitrogen and oxygen atoms in total. The Balaban J connectivity index is 2.04. The summed E-state index contributed by atoms with van der Waals surface area (Å²) in [6.45, 7) is 1.71. The number of pyridine rings is 2. The predicted molar refractivity (Wildman–Crippen MR) is 85.3 cm³/mol. The molecule has 6 heteroatoms. The first-order chi connectivity index (χ1) is 10.6. The maximum Gasteiger partial charge on any atom is 0.256 e. The minimum atomic E-state index is -0.330. The quantitative estimate of drug-likeness (QED) is 0.758. The summed E-state index contributed by atoms with van der Waals surface area (Å²) in [5, 5.41) is 13.5. The van der Waals surface area contributed by atoms with Crippen molar-refractivity contribution in [1.29, 1.82) is 0 Å². The molecule has 3 rings (SSSR count). The molecule has 0 spiro atoms. The lowest BCUT2D eigenvalue weighted by Gasteiger charge is -2.10. The highest BCUT2D eigenvalue weighted by Gasteiger charge is 2.13. The van der Waals surface area contributed by atoms with Crippen LogP contribution in [0.4, 0.5) is 5.69 Å². The molecule has 1 amide bonds. The number of hydrogen-bond acceptors (Lipinski definition) is 4. The van der Waals surface area contributed by atoms with E-state index in [4.69, 9.17) is 11.6 Å². The minimum Gasteiger partial charge on any atom is -0.506 e. The lowest BCUT2D eigenvalue weighted by Crippen LogP contribution is -2.13. The number of aromatic nitrogens is 2. The van der Waals surface area contributed by atoms with Crippen LogP contribution in [0.2, 0.25) is 5.02 Å². The number of nitrogens with zero attached hydrogens (tertiary/aromatic N) is 2. The Kier molecular flexibility index (Phi) is 3.65. The fourth-order valence-corrected chi connectivity index (χ4v) is 2.31. The number of benzene rings is 1. The largest absolute Gasteiger partial charge is 0.506 e. The number of anilines is 1. The van der Waals surface area contributed by atoms with E-state index in [0.29, 0.717) is 32.9 Å². The third-order valence-corrected chi connectivity index (χ3v) is 3.59. The van der Waals surface area contributed by atoms with E-state index in [9.17, 15) is 9.90 Å². The van der Waals surface area contributed by atoms with Crippen molar-refractivity contribution in [2.45, 2.75) is 6.92 Å². The predicted octanol–water partition coefficient (Wildman–Crippen LogP) is 3.55. The van der Waals surface area contributed by atoms with Crippen LogP contribution in [0.3, 0.4) is 0 Å². The topological polar surface area (TPSA) is 75.1 Å². The Labute approximate surface area is 131 Å². The van der Waals surface area contributed by atoms with Crippen molar-refractivity contribution in [3.8, 4) is 5.75 Å². The highest BCUT2D eigenvalue weighted by molar-refractivity contribution is 6.33. The second-order valence-corrected chi connectivity index (χ2v) is 5.18. The highest BCUT2D eigenvalue weighted by Crippen LogP contribution is 2.26. The number of carbonyl (C=O) groups is 1. The molecular weight excluding hydrogens is 302 g/mol. The number of aryl methyl sites for hydroxylation is 1. The van der Waals surface area contributed by atoms with Crippen molar-refractivity contribution in [3.05, 3.63) is 59.0 Å². The molecule has 0 saturated carbocycles. The van der Waals surface area contributed by atoms with E-state index in [1.54, 1.807) is 43.5 Å². The van der Waals surface area contributed by atoms with Gasteiger partial charge in [0.25, 0.3) is 5.91 Å². The second-order valence-electron chi connectivity index (χ2n) is 4.77. The molecule has 0 aliphatic carbocycles. The molecule has 0 aliphatic heterocycles. The normalized spacial score (nSPS) is 10.6. The van der Waals surface area contributed by atoms with Gasteiger partial charge in [0.15, 0.2) is 0 Å². The number of carbonyl (C=O) groups excluding carboxylic acids is 1. The van der Waals surface area contributed by atoms with Crippen LogP contribution in [-0.4, -0.2) is 21.0 Å². The van der Waals surface area contributed by atoms with E-state index in [1.807, 2.05) is 0 Å². The number of halogens is 1. The monoisotopic (exact) mass is 313 g/mol. The molecule has 0 saturated heterocycles. The lowest BCUT2D eigenvalue weighted by molar-refractivity contribution is 0.102. The summed E-state index contributed by atoms with van der Waals surface area (Å²) in [6, 6.07) is 8.36. The van der Waals surface area contributed by atoms with Crippen molar-refractivity contribution in [1.82, 2.24) is 9.97 Å². The molecule has 2 aromatic heterocycles. The molecule has 1 aromatic carbocycles. The summed E-state index contributed by atoms with van der Waals surface area (Å²) in [5.41, 5.74) is 2.04. The van der Waals surface area contributed by atoms with Crippen molar-refractivity contribution in [2.24, 2.45) is 0 Å². The van der Waals surface area contributed by atoms with Gasteiger partial charge in [-0.25, -0.2) is 4.98 Å². The first kappa shape index (κ1) is 14.3. The molecule has 0 unspecified atom stereocenters. The van der Waals surface area contributed by atoms with Crippen LogP contribution in [0.5, 0.6) is 5.75 Å². The van der Waals surface area contributed by atoms with Crippen molar-refractivity contribution in [2.75, 3.05) is 5.32 Å². The summed E-state index contributed by atoms with van der Waals surface area (Å²) >= 11 is 5.99. The van der Waals surface area contributed by atoms with E-state index in [2.05, 4.69) is 15.3 Å². The van der Waals surface area contributed by atoms with E-state index in [-0.39, 0.29) is 11.7 Å². The molecule has 0 radical (unpaired) electrons. The third kappa shape index (κ3) is 2.58. The average molecular weight is 314 g/mol. The number of amides is 1. The van der Waals surface area contributed by atoms with Crippen LogP contribution in [-0.2, 0) is 0 Å². The van der Waals surface area contributed by atoms with Crippen LogP contribution in [0.25, 0.3) is 10.9 Å². The maximum absolute atomic E-state index is 12.5. The van der Waals surface area contributed by atoms with Crippen molar-refractivity contribution in [3.63, 3.8) is 0 Å². The summed E-state index contributed by atoms with van der Waals surface area (Å²) < 4.78 is 0. The SMILES string of the molecule is Cc1nc2cccc(C(=O)Nc3ccncc3Cl)c2cc1O. The van der Waals surface area contributed by atoms with Gasteiger partial charge in [-0.3, -0.25) is 9.78 Å². The number of aromatic hydroxyl groups is 1. The minimum absolute atomic E-state index is 0.0506. The molecule has 22 heavy (non-hydrogen) atoms. The van der Waals surface area contributed by atoms with Gasteiger partial charge in [-0.05, 0) is 31.2 Å². The Morgan fingerprint density at radius 2 is 2.14 bits per heavy atom. The van der Waals surface area contributed by atoms with Crippen molar-refractivity contribution < 1.29 is 9.90 Å². The Bertz CT molecular complexity index is 880. The highest BCUT2D eigenvalue weighted by atomic mass is 35.5. The Morgan fingerprint density at radius 1 is 1.32 bits per heavy atom. The van der Waals surface area contributed by atoms with Gasteiger partial charge in [-0.15, -0.1) is 0 Å². The van der Waals surface area contributed by atoms with Gasteiger partial charge >= 0.3 is 0 Å². The molecule has 3 aromatic rings. The first-order valence-corrected chi connectivity index (χ1v) is 6.94. The number of nitrogens with one attached hydrogen (secondary N) is 1. The lowest BCUT2D eigenvalue weighted by atomic mass is 10.1. The van der Waals surface area contributed by atoms with E-state index < -0.39 is 0 Å². The fraction of sp³-hybridized carbons (Fsp3) is 0.0625. The van der Waals surface area contributed by atoms with Gasteiger partial charge < -0.3 is 10.4 Å². The van der Waals surface area contributed by atoms with Gasteiger partial charge in [-0.1, -0.05) is 17.7 Å². The van der Waals surface area contributed by atoms with Gasteiger partial charge in [-0.2, -0.15) is 0 Å². The standard InChI is InChI=1S/C16H12ClN3O2/c1-9-15(21)7-11-10(3-2-4-13(11)19-9)16(22)20-14-5-6-18-8-12(14)17/h2-8,21H,1H3,(H,18,20,22). The van der Waals surface area contributed by atoms with Gasteiger partial charge in [0.2, 0.25) is 0 Å². The molecule has 110 valence electrons. The van der Waals surface area contributed by atoms with Crippen LogP contribution < -0.4 is 5.32 Å². The molecule has 0 fully saturated rings. The van der Waals surface area contributed by atoms with Crippen LogP contribution >= 0.6 is 11.6 Å². The number of fused-ring (bicyclic) bond motifs is 1. The second kappa shape index (κ2) is 5.61. The third-order valence-electron chi connectivity index (χ3n) is 3.29. The Morgan fingerprint density at radius 3 is 2.91 bits per heavy atom. The maximum atomic E-state index is 12.5. The molecule has 0 atom stereocenters. The number of hydrogen-bond donors (Lipinski definition) is 2. The van der Waals surface area contributed by atoms with Crippen LogP contribution in [0, 0.1) is 6.92 Å². The van der Waals surface area contributed by atoms with Crippen LogP contribution in [0.15, 0.2) is 42.7 Å². The van der Waals surface area contributed by atoms with E-state index >= 15 is 0 Å². The van der Waals surface area contributed by atoms with Gasteiger partial charge in [0, 0.05) is 23.3 Å². The zero-order valence-electron chi connectivity index (χ0n) is 11.7. The van der Waals surface area contributed by atoms with Gasteiger partial charge in [0.05, 0.1) is 21.9 Å². The average Bonchev–Trinajstić information content (AvgIpc) is 2.50. The number of rotatable bonds is 2. The first-order valence-electron chi connectivity index (χ1n) is 6.56. The molecule has 2 heterocycles. The molecular formula is C16H12ClN3O2.